The molecule has 3 aromatic carbocycles. The van der Waals surface area contributed by atoms with Gasteiger partial charge < -0.3 is 4.74 Å². The van der Waals surface area contributed by atoms with Gasteiger partial charge in [0.1, 0.15) is 0 Å². The molecule has 0 atom stereocenters. The highest BCUT2D eigenvalue weighted by atomic mass is 19.2. The third kappa shape index (κ3) is 2.35. The minimum atomic E-state index is -0.959. The summed E-state index contributed by atoms with van der Waals surface area (Å²) in [5.41, 5.74) is 2.04. The highest BCUT2D eigenvalue weighted by Gasteiger charge is 2.15. The van der Waals surface area contributed by atoms with E-state index in [0.29, 0.717) is 5.56 Å². The number of benzene rings is 3. The summed E-state index contributed by atoms with van der Waals surface area (Å²) in [4.78, 5) is 0. The number of halogens is 2. The quantitative estimate of drug-likeness (QED) is 0.636. The molecule has 0 saturated heterocycles. The van der Waals surface area contributed by atoms with E-state index in [2.05, 4.69) is 6.07 Å². The molecule has 1 nitrogen and oxygen atoms in total. The normalized spacial score (nSPS) is 10.9. The summed E-state index contributed by atoms with van der Waals surface area (Å²) in [6, 6.07) is 14.6. The van der Waals surface area contributed by atoms with E-state index < -0.39 is 11.6 Å². The number of rotatable bonds is 2. The minimum Gasteiger partial charge on any atom is -0.494 e. The summed E-state index contributed by atoms with van der Waals surface area (Å²) in [6.45, 7) is 2.02. The molecule has 106 valence electrons. The van der Waals surface area contributed by atoms with Crippen molar-refractivity contribution in [2.45, 2.75) is 6.92 Å². The van der Waals surface area contributed by atoms with E-state index in [9.17, 15) is 8.78 Å². The van der Waals surface area contributed by atoms with Crippen molar-refractivity contribution in [1.82, 2.24) is 0 Å². The fraction of sp³-hybridized carbons (Fsp3) is 0.111. The molecule has 0 heterocycles. The Balaban J connectivity index is 2.16. The van der Waals surface area contributed by atoms with Crippen LogP contribution in [0.5, 0.6) is 5.75 Å². The number of hydrogen-bond donors (Lipinski definition) is 0. The lowest BCUT2D eigenvalue weighted by atomic mass is 9.99. The van der Waals surface area contributed by atoms with Crippen LogP contribution in [0, 0.1) is 18.6 Å². The Labute approximate surface area is 121 Å². The second-order valence-corrected chi connectivity index (χ2v) is 5.01. The zero-order valence-corrected chi connectivity index (χ0v) is 11.8. The van der Waals surface area contributed by atoms with Gasteiger partial charge in [-0.1, -0.05) is 35.9 Å². The van der Waals surface area contributed by atoms with Crippen LogP contribution in [0.2, 0.25) is 0 Å². The molecule has 0 radical (unpaired) electrons. The minimum absolute atomic E-state index is 0.0901. The van der Waals surface area contributed by atoms with Gasteiger partial charge in [-0.2, -0.15) is 4.39 Å². The molecule has 3 heteroatoms. The van der Waals surface area contributed by atoms with Crippen LogP contribution < -0.4 is 4.74 Å². The zero-order chi connectivity index (χ0) is 15.0. The van der Waals surface area contributed by atoms with Crippen molar-refractivity contribution >= 4 is 10.8 Å². The Morgan fingerprint density at radius 1 is 0.810 bits per heavy atom. The Morgan fingerprint density at radius 3 is 2.29 bits per heavy atom. The SMILES string of the molecule is COc1ccc(-c2ccc3cc(C)ccc3c2)c(F)c1F. The van der Waals surface area contributed by atoms with Crippen molar-refractivity contribution in [3.05, 3.63) is 65.7 Å². The Hall–Kier alpha value is -2.42. The van der Waals surface area contributed by atoms with Crippen LogP contribution in [-0.2, 0) is 0 Å². The molecular formula is C18H14F2O. The molecule has 0 aromatic heterocycles. The fourth-order valence-corrected chi connectivity index (χ4v) is 2.45. The standard InChI is InChI=1S/C18H14F2O/c1-11-3-4-13-10-14(6-5-12(13)9-11)15-7-8-16(21-2)18(20)17(15)19/h3-10H,1-2H3. The van der Waals surface area contributed by atoms with Crippen LogP contribution in [0.4, 0.5) is 8.78 Å². The van der Waals surface area contributed by atoms with Gasteiger partial charge in [-0.15, -0.1) is 0 Å². The second-order valence-electron chi connectivity index (χ2n) is 5.01. The van der Waals surface area contributed by atoms with E-state index in [1.165, 1.54) is 19.2 Å². The summed E-state index contributed by atoms with van der Waals surface area (Å²) < 4.78 is 32.7. The van der Waals surface area contributed by atoms with Gasteiger partial charge in [-0.25, -0.2) is 4.39 Å². The molecule has 3 rings (SSSR count). The first-order valence-electron chi connectivity index (χ1n) is 6.63. The fourth-order valence-electron chi connectivity index (χ4n) is 2.45. The average Bonchev–Trinajstić information content (AvgIpc) is 2.49. The first-order valence-corrected chi connectivity index (χ1v) is 6.63. The van der Waals surface area contributed by atoms with Crippen LogP contribution in [-0.4, -0.2) is 7.11 Å². The van der Waals surface area contributed by atoms with E-state index in [4.69, 9.17) is 4.74 Å². The van der Waals surface area contributed by atoms with Crippen LogP contribution in [0.25, 0.3) is 21.9 Å². The van der Waals surface area contributed by atoms with Crippen molar-refractivity contribution in [3.8, 4) is 16.9 Å². The lowest BCUT2D eigenvalue weighted by Crippen LogP contribution is -1.95. The van der Waals surface area contributed by atoms with Crippen molar-refractivity contribution in [1.29, 1.82) is 0 Å². The Kier molecular flexibility index (Phi) is 3.34. The van der Waals surface area contributed by atoms with Crippen LogP contribution in [0.3, 0.4) is 0 Å². The molecule has 0 N–H and O–H groups in total. The second kappa shape index (κ2) is 5.17. The van der Waals surface area contributed by atoms with Crippen LogP contribution in [0.1, 0.15) is 5.56 Å². The van der Waals surface area contributed by atoms with Crippen LogP contribution in [0.15, 0.2) is 48.5 Å². The maximum Gasteiger partial charge on any atom is 0.201 e. The predicted molar refractivity (Wildman–Crippen MR) is 80.6 cm³/mol. The summed E-state index contributed by atoms with van der Waals surface area (Å²) in [5.74, 6) is -1.94. The topological polar surface area (TPSA) is 9.23 Å². The Morgan fingerprint density at radius 2 is 1.52 bits per heavy atom. The molecule has 3 aromatic rings. The highest BCUT2D eigenvalue weighted by Crippen LogP contribution is 2.31. The van der Waals surface area contributed by atoms with Gasteiger partial charge in [0, 0.05) is 5.56 Å². The van der Waals surface area contributed by atoms with Crippen molar-refractivity contribution in [2.75, 3.05) is 7.11 Å². The molecular weight excluding hydrogens is 270 g/mol. The predicted octanol–water partition coefficient (Wildman–Crippen LogP) is 5.10. The lowest BCUT2D eigenvalue weighted by molar-refractivity contribution is 0.372. The largest absolute Gasteiger partial charge is 0.494 e. The molecule has 0 aliphatic heterocycles. The van der Waals surface area contributed by atoms with Crippen molar-refractivity contribution in [2.24, 2.45) is 0 Å². The number of methoxy groups -OCH3 is 1. The summed E-state index contributed by atoms with van der Waals surface area (Å²) in [5, 5.41) is 2.07. The van der Waals surface area contributed by atoms with Gasteiger partial charge >= 0.3 is 0 Å². The molecule has 0 unspecified atom stereocenters. The highest BCUT2D eigenvalue weighted by molar-refractivity contribution is 5.88. The van der Waals surface area contributed by atoms with Crippen molar-refractivity contribution < 1.29 is 13.5 Å². The molecule has 0 fully saturated rings. The zero-order valence-electron chi connectivity index (χ0n) is 11.8. The smallest absolute Gasteiger partial charge is 0.201 e. The first-order chi connectivity index (χ1) is 10.1. The van der Waals surface area contributed by atoms with E-state index in [-0.39, 0.29) is 11.3 Å². The third-order valence-electron chi connectivity index (χ3n) is 3.57. The summed E-state index contributed by atoms with van der Waals surface area (Å²) in [7, 11) is 1.32. The van der Waals surface area contributed by atoms with E-state index >= 15 is 0 Å². The number of ether oxygens (including phenoxy) is 1. The van der Waals surface area contributed by atoms with Crippen molar-refractivity contribution in [3.63, 3.8) is 0 Å². The van der Waals surface area contributed by atoms with E-state index in [1.54, 1.807) is 6.07 Å². The van der Waals surface area contributed by atoms with Gasteiger partial charge in [0.05, 0.1) is 7.11 Å². The molecule has 0 spiro atoms. The monoisotopic (exact) mass is 284 g/mol. The maximum absolute atomic E-state index is 14.1. The van der Waals surface area contributed by atoms with E-state index in [1.807, 2.05) is 31.2 Å². The summed E-state index contributed by atoms with van der Waals surface area (Å²) >= 11 is 0. The van der Waals surface area contributed by atoms with Gasteiger partial charge in [0.15, 0.2) is 11.6 Å². The molecule has 0 bridgehead atoms. The third-order valence-corrected chi connectivity index (χ3v) is 3.57. The molecule has 0 aliphatic rings. The van der Waals surface area contributed by atoms with Crippen LogP contribution >= 0.6 is 0 Å². The van der Waals surface area contributed by atoms with Gasteiger partial charge in [0.25, 0.3) is 0 Å². The van der Waals surface area contributed by atoms with Gasteiger partial charge in [0.2, 0.25) is 5.82 Å². The summed E-state index contributed by atoms with van der Waals surface area (Å²) in [6.07, 6.45) is 0. The Bertz CT molecular complexity index is 825. The number of fused-ring (bicyclic) bond motifs is 1. The number of aryl methyl sites for hydroxylation is 1. The molecule has 21 heavy (non-hydrogen) atoms. The first kappa shape index (κ1) is 13.6. The molecule has 0 saturated carbocycles. The van der Waals surface area contributed by atoms with Gasteiger partial charge in [-0.3, -0.25) is 0 Å². The van der Waals surface area contributed by atoms with E-state index in [0.717, 1.165) is 16.3 Å². The molecule has 0 aliphatic carbocycles. The number of hydrogen-bond acceptors (Lipinski definition) is 1. The maximum atomic E-state index is 14.1. The van der Waals surface area contributed by atoms with Gasteiger partial charge in [-0.05, 0) is 41.5 Å². The lowest BCUT2D eigenvalue weighted by Gasteiger charge is -2.09. The molecule has 0 amide bonds. The average molecular weight is 284 g/mol.